The minimum atomic E-state index is -0.522. The lowest BCUT2D eigenvalue weighted by Crippen LogP contribution is -2.28. The van der Waals surface area contributed by atoms with Gasteiger partial charge in [-0.2, -0.15) is 0 Å². The van der Waals surface area contributed by atoms with E-state index >= 15 is 0 Å². The van der Waals surface area contributed by atoms with E-state index in [0.29, 0.717) is 13.2 Å². The van der Waals surface area contributed by atoms with E-state index in [0.717, 1.165) is 6.42 Å². The summed E-state index contributed by atoms with van der Waals surface area (Å²) in [6, 6.07) is 6.64. The predicted octanol–water partition coefficient (Wildman–Crippen LogP) is 3.90. The summed E-state index contributed by atoms with van der Waals surface area (Å²) in [5, 5.41) is 0. The van der Waals surface area contributed by atoms with Crippen molar-refractivity contribution in [2.75, 3.05) is 13.2 Å². The number of hydrogen-bond donors (Lipinski definition) is 0. The van der Waals surface area contributed by atoms with Crippen LogP contribution in [-0.4, -0.2) is 13.2 Å². The lowest BCUT2D eigenvalue weighted by molar-refractivity contribution is -0.168. The maximum atomic E-state index is 5.90. The van der Waals surface area contributed by atoms with Crippen molar-refractivity contribution in [2.24, 2.45) is 0 Å². The molecule has 0 saturated carbocycles. The molecule has 0 aromatic heterocycles. The number of rotatable bonds is 2. The molecule has 2 heteroatoms. The zero-order valence-electron chi connectivity index (χ0n) is 12.2. The zero-order valence-corrected chi connectivity index (χ0v) is 12.2. The maximum absolute atomic E-state index is 5.90. The largest absolute Gasteiger partial charge is 0.343 e. The Morgan fingerprint density at radius 3 is 2.28 bits per heavy atom. The molecule has 1 saturated heterocycles. The van der Waals surface area contributed by atoms with Crippen molar-refractivity contribution in [2.45, 2.75) is 52.2 Å². The van der Waals surface area contributed by atoms with E-state index in [9.17, 15) is 0 Å². The van der Waals surface area contributed by atoms with Crippen molar-refractivity contribution in [1.82, 2.24) is 0 Å². The highest BCUT2D eigenvalue weighted by atomic mass is 16.7. The third-order valence-corrected chi connectivity index (χ3v) is 3.73. The third kappa shape index (κ3) is 2.32. The number of benzene rings is 1. The van der Waals surface area contributed by atoms with Crippen LogP contribution in [0.4, 0.5) is 0 Å². The molecule has 0 N–H and O–H groups in total. The summed E-state index contributed by atoms with van der Waals surface area (Å²) in [5.74, 6) is -0.522. The molecule has 0 amide bonds. The molecule has 0 radical (unpaired) electrons. The predicted molar refractivity (Wildman–Crippen MR) is 73.8 cm³/mol. The number of ether oxygens (including phenoxy) is 2. The first kappa shape index (κ1) is 13.6. The molecule has 1 heterocycles. The van der Waals surface area contributed by atoms with E-state index in [2.05, 4.69) is 52.8 Å². The monoisotopic (exact) mass is 248 g/mol. The van der Waals surface area contributed by atoms with Gasteiger partial charge in [0, 0.05) is 12.0 Å². The van der Waals surface area contributed by atoms with Gasteiger partial charge in [0.05, 0.1) is 13.2 Å². The summed E-state index contributed by atoms with van der Waals surface area (Å²) in [6.45, 7) is 12.3. The van der Waals surface area contributed by atoms with Crippen LogP contribution in [0.3, 0.4) is 0 Å². The summed E-state index contributed by atoms with van der Waals surface area (Å²) in [4.78, 5) is 0. The van der Waals surface area contributed by atoms with Crippen molar-refractivity contribution in [3.05, 3.63) is 34.9 Å². The summed E-state index contributed by atoms with van der Waals surface area (Å²) in [5.41, 5.74) is 3.91. The third-order valence-electron chi connectivity index (χ3n) is 3.73. The Balaban J connectivity index is 2.49. The summed E-state index contributed by atoms with van der Waals surface area (Å²) >= 11 is 0. The molecule has 2 nitrogen and oxygen atoms in total. The average Bonchev–Trinajstić information content (AvgIpc) is 2.77. The first-order valence-corrected chi connectivity index (χ1v) is 6.78. The topological polar surface area (TPSA) is 18.5 Å². The smallest absolute Gasteiger partial charge is 0.194 e. The van der Waals surface area contributed by atoms with Crippen molar-refractivity contribution in [3.63, 3.8) is 0 Å². The molecule has 0 atom stereocenters. The minimum absolute atomic E-state index is 0.149. The molecule has 0 spiro atoms. The van der Waals surface area contributed by atoms with E-state index < -0.39 is 5.79 Å². The van der Waals surface area contributed by atoms with E-state index in [1.54, 1.807) is 0 Å². The molecule has 1 aliphatic rings. The van der Waals surface area contributed by atoms with E-state index in [1.807, 2.05) is 0 Å². The van der Waals surface area contributed by atoms with Gasteiger partial charge < -0.3 is 9.47 Å². The Hall–Kier alpha value is -0.860. The van der Waals surface area contributed by atoms with Gasteiger partial charge in [0.25, 0.3) is 0 Å². The van der Waals surface area contributed by atoms with E-state index in [4.69, 9.17) is 9.47 Å². The Bertz CT molecular complexity index is 423. The molecule has 1 fully saturated rings. The molecular formula is C16H24O2. The summed E-state index contributed by atoms with van der Waals surface area (Å²) in [7, 11) is 0. The van der Waals surface area contributed by atoms with Gasteiger partial charge in [-0.25, -0.2) is 0 Å². The fourth-order valence-corrected chi connectivity index (χ4v) is 2.50. The lowest BCUT2D eigenvalue weighted by atomic mass is 9.83. The van der Waals surface area contributed by atoms with Crippen LogP contribution in [0.25, 0.3) is 0 Å². The molecule has 1 aromatic carbocycles. The Morgan fingerprint density at radius 1 is 1.17 bits per heavy atom. The van der Waals surface area contributed by atoms with Crippen molar-refractivity contribution in [3.8, 4) is 0 Å². The first-order chi connectivity index (χ1) is 8.39. The summed E-state index contributed by atoms with van der Waals surface area (Å²) in [6.07, 6.45) is 0.849. The quantitative estimate of drug-likeness (QED) is 0.790. The van der Waals surface area contributed by atoms with Gasteiger partial charge in [0.15, 0.2) is 5.79 Å². The molecular weight excluding hydrogens is 224 g/mol. The molecule has 0 bridgehead atoms. The van der Waals surface area contributed by atoms with Gasteiger partial charge in [0.2, 0.25) is 0 Å². The van der Waals surface area contributed by atoms with Crippen LogP contribution in [-0.2, 0) is 20.7 Å². The number of aryl methyl sites for hydroxylation is 1. The van der Waals surface area contributed by atoms with Crippen molar-refractivity contribution < 1.29 is 9.47 Å². The second-order valence-corrected chi connectivity index (χ2v) is 6.08. The Labute approximate surface area is 110 Å². The standard InChI is InChI=1S/C16H24O2/c1-6-16(17-9-10-18-16)14-11-13(15(3,4)5)8-7-12(14)2/h7-8,11H,6,9-10H2,1-5H3. The molecule has 1 aromatic rings. The molecule has 100 valence electrons. The van der Waals surface area contributed by atoms with Crippen LogP contribution < -0.4 is 0 Å². The van der Waals surface area contributed by atoms with E-state index in [-0.39, 0.29) is 5.41 Å². The normalized spacial score (nSPS) is 19.2. The Kier molecular flexibility index (Phi) is 3.52. The highest BCUT2D eigenvalue weighted by molar-refractivity contribution is 5.37. The zero-order chi connectivity index (χ0) is 13.4. The Morgan fingerprint density at radius 2 is 1.78 bits per heavy atom. The van der Waals surface area contributed by atoms with Crippen molar-refractivity contribution >= 4 is 0 Å². The van der Waals surface area contributed by atoms with E-state index in [1.165, 1.54) is 16.7 Å². The van der Waals surface area contributed by atoms with Crippen LogP contribution in [0, 0.1) is 6.92 Å². The molecule has 0 aliphatic carbocycles. The summed E-state index contributed by atoms with van der Waals surface area (Å²) < 4.78 is 11.8. The van der Waals surface area contributed by atoms with Gasteiger partial charge >= 0.3 is 0 Å². The van der Waals surface area contributed by atoms with Gasteiger partial charge in [-0.15, -0.1) is 0 Å². The molecule has 2 rings (SSSR count). The molecule has 0 unspecified atom stereocenters. The van der Waals surface area contributed by atoms with Gasteiger partial charge in [-0.05, 0) is 29.5 Å². The van der Waals surface area contributed by atoms with Gasteiger partial charge in [0.1, 0.15) is 0 Å². The van der Waals surface area contributed by atoms with Gasteiger partial charge in [-0.1, -0.05) is 39.8 Å². The van der Waals surface area contributed by atoms with Crippen LogP contribution in [0.5, 0.6) is 0 Å². The van der Waals surface area contributed by atoms with Crippen LogP contribution in [0.15, 0.2) is 18.2 Å². The average molecular weight is 248 g/mol. The highest BCUT2D eigenvalue weighted by Gasteiger charge is 2.38. The van der Waals surface area contributed by atoms with Gasteiger partial charge in [-0.3, -0.25) is 0 Å². The molecule has 18 heavy (non-hydrogen) atoms. The highest BCUT2D eigenvalue weighted by Crippen LogP contribution is 2.38. The second-order valence-electron chi connectivity index (χ2n) is 6.08. The van der Waals surface area contributed by atoms with Crippen LogP contribution in [0.2, 0.25) is 0 Å². The van der Waals surface area contributed by atoms with Crippen molar-refractivity contribution in [1.29, 1.82) is 0 Å². The van der Waals surface area contributed by atoms with Crippen LogP contribution in [0.1, 0.15) is 50.8 Å². The van der Waals surface area contributed by atoms with Crippen LogP contribution >= 0.6 is 0 Å². The number of hydrogen-bond acceptors (Lipinski definition) is 2. The second kappa shape index (κ2) is 4.67. The lowest BCUT2D eigenvalue weighted by Gasteiger charge is -2.30. The fourth-order valence-electron chi connectivity index (χ4n) is 2.50. The SMILES string of the molecule is CCC1(c2cc(C(C)(C)C)ccc2C)OCCO1. The minimum Gasteiger partial charge on any atom is -0.343 e. The maximum Gasteiger partial charge on any atom is 0.194 e. The first-order valence-electron chi connectivity index (χ1n) is 6.78. The fraction of sp³-hybridized carbons (Fsp3) is 0.625. The molecule has 1 aliphatic heterocycles.